The van der Waals surface area contributed by atoms with Crippen molar-refractivity contribution in [2.24, 2.45) is 0 Å². The van der Waals surface area contributed by atoms with E-state index in [1.165, 1.54) is 12.1 Å². The van der Waals surface area contributed by atoms with Gasteiger partial charge in [0.2, 0.25) is 0 Å². The second-order valence-electron chi connectivity index (χ2n) is 4.23. The Morgan fingerprint density at radius 1 is 1.33 bits per heavy atom. The van der Waals surface area contributed by atoms with Gasteiger partial charge in [-0.15, -0.1) is 0 Å². The lowest BCUT2D eigenvalue weighted by Gasteiger charge is -2.15. The summed E-state index contributed by atoms with van der Waals surface area (Å²) in [6.07, 6.45) is 1.54. The zero-order valence-electron chi connectivity index (χ0n) is 9.57. The standard InChI is InChI=1S/C13H19NO/c1-3-14-9-8-13(10-14)15-12-6-4-11(2)5-7-12/h4-7,13H,3,8-10H2,1-2H3. The Labute approximate surface area is 91.9 Å². The van der Waals surface area contributed by atoms with E-state index < -0.39 is 0 Å². The van der Waals surface area contributed by atoms with Crippen molar-refractivity contribution in [1.29, 1.82) is 0 Å². The molecule has 1 heterocycles. The van der Waals surface area contributed by atoms with Crippen LogP contribution in [0.3, 0.4) is 0 Å². The predicted octanol–water partition coefficient (Wildman–Crippen LogP) is 2.47. The van der Waals surface area contributed by atoms with Gasteiger partial charge in [-0.05, 0) is 32.0 Å². The molecular formula is C13H19NO. The van der Waals surface area contributed by atoms with Crippen LogP contribution in [0.25, 0.3) is 0 Å². The first-order chi connectivity index (χ1) is 7.28. The molecular weight excluding hydrogens is 186 g/mol. The molecule has 1 saturated heterocycles. The van der Waals surface area contributed by atoms with Crippen molar-refractivity contribution in [3.63, 3.8) is 0 Å². The van der Waals surface area contributed by atoms with E-state index in [1.54, 1.807) is 0 Å². The number of benzene rings is 1. The smallest absolute Gasteiger partial charge is 0.119 e. The summed E-state index contributed by atoms with van der Waals surface area (Å²) < 4.78 is 5.92. The first-order valence-corrected chi connectivity index (χ1v) is 5.73. The van der Waals surface area contributed by atoms with Crippen LogP contribution in [0.2, 0.25) is 0 Å². The highest BCUT2D eigenvalue weighted by Gasteiger charge is 2.22. The zero-order valence-corrected chi connectivity index (χ0v) is 9.57. The van der Waals surface area contributed by atoms with Crippen LogP contribution in [0.5, 0.6) is 5.75 Å². The van der Waals surface area contributed by atoms with Crippen molar-refractivity contribution in [3.8, 4) is 5.75 Å². The van der Waals surface area contributed by atoms with Crippen molar-refractivity contribution in [2.75, 3.05) is 19.6 Å². The maximum atomic E-state index is 5.92. The fraction of sp³-hybridized carbons (Fsp3) is 0.538. The largest absolute Gasteiger partial charge is 0.489 e. The number of aryl methyl sites for hydroxylation is 1. The third-order valence-corrected chi connectivity index (χ3v) is 3.00. The monoisotopic (exact) mass is 205 g/mol. The fourth-order valence-corrected chi connectivity index (χ4v) is 1.99. The minimum absolute atomic E-state index is 0.382. The van der Waals surface area contributed by atoms with Crippen LogP contribution in [0.4, 0.5) is 0 Å². The number of rotatable bonds is 3. The molecule has 1 aromatic rings. The number of likely N-dealkylation sites (tertiary alicyclic amines) is 1. The summed E-state index contributed by atoms with van der Waals surface area (Å²) in [4.78, 5) is 2.43. The molecule has 1 atom stereocenters. The van der Waals surface area contributed by atoms with Gasteiger partial charge >= 0.3 is 0 Å². The maximum Gasteiger partial charge on any atom is 0.119 e. The van der Waals surface area contributed by atoms with Crippen LogP contribution in [0.15, 0.2) is 24.3 Å². The number of likely N-dealkylation sites (N-methyl/N-ethyl adjacent to an activating group) is 1. The molecule has 2 nitrogen and oxygen atoms in total. The van der Waals surface area contributed by atoms with Crippen molar-refractivity contribution in [2.45, 2.75) is 26.4 Å². The molecule has 1 aromatic carbocycles. The first-order valence-electron chi connectivity index (χ1n) is 5.73. The van der Waals surface area contributed by atoms with Crippen LogP contribution >= 0.6 is 0 Å². The van der Waals surface area contributed by atoms with Gasteiger partial charge in [0.05, 0.1) is 0 Å². The molecule has 1 aliphatic heterocycles. The van der Waals surface area contributed by atoms with Crippen molar-refractivity contribution in [1.82, 2.24) is 4.90 Å². The average Bonchev–Trinajstić information content (AvgIpc) is 2.69. The fourth-order valence-electron chi connectivity index (χ4n) is 1.99. The second-order valence-corrected chi connectivity index (χ2v) is 4.23. The number of hydrogen-bond acceptors (Lipinski definition) is 2. The molecule has 0 N–H and O–H groups in total. The normalized spacial score (nSPS) is 21.9. The van der Waals surface area contributed by atoms with E-state index in [1.807, 2.05) is 0 Å². The average molecular weight is 205 g/mol. The van der Waals surface area contributed by atoms with Gasteiger partial charge in [-0.2, -0.15) is 0 Å². The topological polar surface area (TPSA) is 12.5 Å². The van der Waals surface area contributed by atoms with Gasteiger partial charge in [-0.3, -0.25) is 4.90 Å². The minimum Gasteiger partial charge on any atom is -0.489 e. The third-order valence-electron chi connectivity index (χ3n) is 3.00. The molecule has 0 spiro atoms. The lowest BCUT2D eigenvalue weighted by molar-refractivity contribution is 0.202. The summed E-state index contributed by atoms with van der Waals surface area (Å²) in [7, 11) is 0. The Hall–Kier alpha value is -1.02. The SMILES string of the molecule is CCN1CCC(Oc2ccc(C)cc2)C1. The highest BCUT2D eigenvalue weighted by atomic mass is 16.5. The summed E-state index contributed by atoms with van der Waals surface area (Å²) in [5.74, 6) is 1.00. The van der Waals surface area contributed by atoms with E-state index in [0.29, 0.717) is 6.10 Å². The van der Waals surface area contributed by atoms with E-state index in [9.17, 15) is 0 Å². The molecule has 1 fully saturated rings. The quantitative estimate of drug-likeness (QED) is 0.751. The molecule has 15 heavy (non-hydrogen) atoms. The minimum atomic E-state index is 0.382. The molecule has 0 amide bonds. The van der Waals surface area contributed by atoms with E-state index in [0.717, 1.165) is 25.3 Å². The number of ether oxygens (including phenoxy) is 1. The third kappa shape index (κ3) is 2.72. The molecule has 2 heteroatoms. The van der Waals surface area contributed by atoms with Gasteiger partial charge in [-0.25, -0.2) is 0 Å². The molecule has 0 bridgehead atoms. The van der Waals surface area contributed by atoms with Crippen LogP contribution in [-0.4, -0.2) is 30.6 Å². The summed E-state index contributed by atoms with van der Waals surface area (Å²) in [5.41, 5.74) is 1.28. The Balaban J connectivity index is 1.90. The Morgan fingerprint density at radius 3 is 2.67 bits per heavy atom. The molecule has 0 aromatic heterocycles. The Morgan fingerprint density at radius 2 is 2.07 bits per heavy atom. The summed E-state index contributed by atoms with van der Waals surface area (Å²) in [5, 5.41) is 0. The zero-order chi connectivity index (χ0) is 10.7. The van der Waals surface area contributed by atoms with Gasteiger partial charge in [0.15, 0.2) is 0 Å². The van der Waals surface area contributed by atoms with Crippen molar-refractivity contribution < 1.29 is 4.74 Å². The molecule has 0 radical (unpaired) electrons. The van der Waals surface area contributed by atoms with Crippen molar-refractivity contribution >= 4 is 0 Å². The van der Waals surface area contributed by atoms with Crippen LogP contribution in [0, 0.1) is 6.92 Å². The van der Waals surface area contributed by atoms with E-state index in [4.69, 9.17) is 4.74 Å². The van der Waals surface area contributed by atoms with Gasteiger partial charge in [0, 0.05) is 13.1 Å². The van der Waals surface area contributed by atoms with Gasteiger partial charge < -0.3 is 4.74 Å². The molecule has 82 valence electrons. The van der Waals surface area contributed by atoms with Gasteiger partial charge in [0.25, 0.3) is 0 Å². The summed E-state index contributed by atoms with van der Waals surface area (Å²) in [6.45, 7) is 7.68. The molecule has 0 saturated carbocycles. The van der Waals surface area contributed by atoms with Crippen molar-refractivity contribution in [3.05, 3.63) is 29.8 Å². The van der Waals surface area contributed by atoms with Crippen LogP contribution < -0.4 is 4.74 Å². The lowest BCUT2D eigenvalue weighted by atomic mass is 10.2. The van der Waals surface area contributed by atoms with Crippen LogP contribution in [0.1, 0.15) is 18.9 Å². The lowest BCUT2D eigenvalue weighted by Crippen LogP contribution is -2.24. The Bertz CT molecular complexity index is 307. The van der Waals surface area contributed by atoms with Gasteiger partial charge in [0.1, 0.15) is 11.9 Å². The highest BCUT2D eigenvalue weighted by Crippen LogP contribution is 2.18. The van der Waals surface area contributed by atoms with E-state index >= 15 is 0 Å². The molecule has 2 rings (SSSR count). The van der Waals surface area contributed by atoms with E-state index in [2.05, 4.69) is 43.0 Å². The Kier molecular flexibility index (Phi) is 3.27. The molecule has 1 unspecified atom stereocenters. The highest BCUT2D eigenvalue weighted by molar-refractivity contribution is 5.26. The van der Waals surface area contributed by atoms with Gasteiger partial charge in [-0.1, -0.05) is 24.6 Å². The summed E-state index contributed by atoms with van der Waals surface area (Å²) in [6, 6.07) is 8.32. The predicted molar refractivity (Wildman–Crippen MR) is 62.3 cm³/mol. The summed E-state index contributed by atoms with van der Waals surface area (Å²) >= 11 is 0. The maximum absolute atomic E-state index is 5.92. The molecule has 1 aliphatic rings. The number of hydrogen-bond donors (Lipinski definition) is 0. The first kappa shape index (κ1) is 10.5. The molecule has 0 aliphatic carbocycles. The number of nitrogens with zero attached hydrogens (tertiary/aromatic N) is 1. The van der Waals surface area contributed by atoms with Crippen LogP contribution in [-0.2, 0) is 0 Å². The second kappa shape index (κ2) is 4.67. The van der Waals surface area contributed by atoms with E-state index in [-0.39, 0.29) is 0 Å².